The van der Waals surface area contributed by atoms with Crippen LogP contribution in [0.1, 0.15) is 29.5 Å². The largest absolute Gasteiger partial charge is 0.378 e. The van der Waals surface area contributed by atoms with E-state index in [1.807, 2.05) is 12.1 Å². The molecule has 2 aromatic carbocycles. The van der Waals surface area contributed by atoms with Gasteiger partial charge in [0, 0.05) is 21.1 Å². The van der Waals surface area contributed by atoms with Gasteiger partial charge in [-0.15, -0.1) is 0 Å². The number of anilines is 1. The Labute approximate surface area is 138 Å². The van der Waals surface area contributed by atoms with Gasteiger partial charge in [0.25, 0.3) is 0 Å². The molecule has 0 bridgehead atoms. The fourth-order valence-electron chi connectivity index (χ4n) is 3.57. The van der Waals surface area contributed by atoms with E-state index in [0.717, 1.165) is 15.9 Å². The summed E-state index contributed by atoms with van der Waals surface area (Å²) in [6, 6.07) is 15.1. The molecule has 4 rings (SSSR count). The van der Waals surface area contributed by atoms with Crippen molar-refractivity contribution in [2.24, 2.45) is 5.92 Å². The maximum atomic E-state index is 6.02. The van der Waals surface area contributed by atoms with E-state index in [1.165, 1.54) is 16.8 Å². The Bertz CT molecular complexity index is 708. The fourth-order valence-corrected chi connectivity index (χ4v) is 4.07. The van der Waals surface area contributed by atoms with Crippen molar-refractivity contribution in [2.75, 3.05) is 5.32 Å². The van der Waals surface area contributed by atoms with Crippen LogP contribution >= 0.6 is 27.5 Å². The van der Waals surface area contributed by atoms with Gasteiger partial charge in [-0.3, -0.25) is 0 Å². The zero-order valence-corrected chi connectivity index (χ0v) is 13.7. The third-order valence-electron chi connectivity index (χ3n) is 4.55. The Kier molecular flexibility index (Phi) is 3.31. The van der Waals surface area contributed by atoms with Gasteiger partial charge in [0.1, 0.15) is 0 Å². The lowest BCUT2D eigenvalue weighted by molar-refractivity contribution is 0.425. The zero-order valence-electron chi connectivity index (χ0n) is 11.4. The van der Waals surface area contributed by atoms with Crippen molar-refractivity contribution in [2.45, 2.75) is 18.4 Å². The van der Waals surface area contributed by atoms with Crippen LogP contribution in [-0.4, -0.2) is 0 Å². The Morgan fingerprint density at radius 2 is 1.90 bits per heavy atom. The molecular weight excluding hydrogens is 346 g/mol. The second-order valence-electron chi connectivity index (χ2n) is 5.76. The van der Waals surface area contributed by atoms with Gasteiger partial charge in [0.2, 0.25) is 0 Å². The van der Waals surface area contributed by atoms with Crippen LogP contribution in [0.4, 0.5) is 5.69 Å². The molecule has 2 aromatic rings. The summed E-state index contributed by atoms with van der Waals surface area (Å²) >= 11 is 9.61. The van der Waals surface area contributed by atoms with Gasteiger partial charge in [-0.25, -0.2) is 0 Å². The minimum atomic E-state index is 0.343. The molecule has 3 atom stereocenters. The third-order valence-corrected chi connectivity index (χ3v) is 5.30. The summed E-state index contributed by atoms with van der Waals surface area (Å²) in [4.78, 5) is 0. The molecule has 0 saturated heterocycles. The van der Waals surface area contributed by atoms with E-state index < -0.39 is 0 Å². The molecule has 21 heavy (non-hydrogen) atoms. The first-order valence-corrected chi connectivity index (χ1v) is 8.37. The van der Waals surface area contributed by atoms with Gasteiger partial charge in [-0.2, -0.15) is 0 Å². The molecule has 1 aliphatic heterocycles. The van der Waals surface area contributed by atoms with E-state index in [2.05, 4.69) is 63.7 Å². The number of hydrogen-bond donors (Lipinski definition) is 1. The minimum absolute atomic E-state index is 0.343. The van der Waals surface area contributed by atoms with Crippen LogP contribution in [0.2, 0.25) is 5.02 Å². The summed E-state index contributed by atoms with van der Waals surface area (Å²) < 4.78 is 1.15. The number of fused-ring (bicyclic) bond motifs is 3. The van der Waals surface area contributed by atoms with Crippen molar-refractivity contribution in [3.8, 4) is 0 Å². The standard InChI is InChI=1S/C18H15BrClN/c19-12-6-9-17-16(10-12)14-2-1-3-15(14)18(21-17)11-4-7-13(20)8-5-11/h1-2,4-10,14-15,18,21H,3H2/t14-,15-,18+/m0/s1. The number of benzene rings is 2. The average molecular weight is 361 g/mol. The van der Waals surface area contributed by atoms with Gasteiger partial charge in [0.05, 0.1) is 6.04 Å². The number of allylic oxidation sites excluding steroid dienone is 2. The predicted molar refractivity (Wildman–Crippen MR) is 91.9 cm³/mol. The molecule has 2 aliphatic rings. The predicted octanol–water partition coefficient (Wildman–Crippen LogP) is 5.93. The second kappa shape index (κ2) is 5.19. The van der Waals surface area contributed by atoms with Gasteiger partial charge < -0.3 is 5.32 Å². The first-order chi connectivity index (χ1) is 10.2. The Balaban J connectivity index is 1.78. The normalized spacial score (nSPS) is 26.1. The molecule has 1 aliphatic carbocycles. The smallest absolute Gasteiger partial charge is 0.0553 e. The maximum Gasteiger partial charge on any atom is 0.0553 e. The highest BCUT2D eigenvalue weighted by atomic mass is 79.9. The molecule has 106 valence electrons. The van der Waals surface area contributed by atoms with E-state index in [-0.39, 0.29) is 0 Å². The summed E-state index contributed by atoms with van der Waals surface area (Å²) in [5, 5.41) is 4.52. The van der Waals surface area contributed by atoms with Crippen LogP contribution in [0, 0.1) is 5.92 Å². The van der Waals surface area contributed by atoms with Gasteiger partial charge in [-0.05, 0) is 53.8 Å². The molecule has 1 N–H and O–H groups in total. The number of rotatable bonds is 1. The van der Waals surface area contributed by atoms with Crippen LogP contribution in [0.5, 0.6) is 0 Å². The van der Waals surface area contributed by atoms with Crippen molar-refractivity contribution in [3.63, 3.8) is 0 Å². The van der Waals surface area contributed by atoms with E-state index in [0.29, 0.717) is 17.9 Å². The lowest BCUT2D eigenvalue weighted by Crippen LogP contribution is -2.28. The molecule has 0 radical (unpaired) electrons. The highest BCUT2D eigenvalue weighted by Gasteiger charge is 2.37. The quantitative estimate of drug-likeness (QED) is 0.622. The summed E-state index contributed by atoms with van der Waals surface area (Å²) in [5.41, 5.74) is 3.95. The summed E-state index contributed by atoms with van der Waals surface area (Å²) in [6.07, 6.45) is 5.80. The lowest BCUT2D eigenvalue weighted by Gasteiger charge is -2.37. The minimum Gasteiger partial charge on any atom is -0.378 e. The molecule has 0 amide bonds. The van der Waals surface area contributed by atoms with Crippen molar-refractivity contribution in [1.82, 2.24) is 0 Å². The van der Waals surface area contributed by atoms with Crippen LogP contribution < -0.4 is 5.32 Å². The first kappa shape index (κ1) is 13.4. The van der Waals surface area contributed by atoms with Crippen LogP contribution in [0.15, 0.2) is 59.1 Å². The molecule has 1 nitrogen and oxygen atoms in total. The third kappa shape index (κ3) is 2.31. The molecule has 0 saturated carbocycles. The Morgan fingerprint density at radius 1 is 1.10 bits per heavy atom. The molecule has 0 fully saturated rings. The lowest BCUT2D eigenvalue weighted by atomic mass is 9.77. The first-order valence-electron chi connectivity index (χ1n) is 7.20. The summed E-state index contributed by atoms with van der Waals surface area (Å²) in [5.74, 6) is 1.08. The van der Waals surface area contributed by atoms with Crippen molar-refractivity contribution < 1.29 is 0 Å². The molecule has 0 aromatic heterocycles. The highest BCUT2D eigenvalue weighted by molar-refractivity contribution is 9.10. The molecule has 1 heterocycles. The molecule has 3 heteroatoms. The van der Waals surface area contributed by atoms with Gasteiger partial charge in [0.15, 0.2) is 0 Å². The van der Waals surface area contributed by atoms with E-state index in [9.17, 15) is 0 Å². The topological polar surface area (TPSA) is 12.0 Å². The van der Waals surface area contributed by atoms with Crippen LogP contribution in [-0.2, 0) is 0 Å². The van der Waals surface area contributed by atoms with Gasteiger partial charge >= 0.3 is 0 Å². The average Bonchev–Trinajstić information content (AvgIpc) is 2.97. The summed E-state index contributed by atoms with van der Waals surface area (Å²) in [7, 11) is 0. The Hall–Kier alpha value is -1.25. The van der Waals surface area contributed by atoms with Crippen molar-refractivity contribution in [3.05, 3.63) is 75.2 Å². The van der Waals surface area contributed by atoms with Crippen molar-refractivity contribution >= 4 is 33.2 Å². The van der Waals surface area contributed by atoms with Crippen molar-refractivity contribution in [1.29, 1.82) is 0 Å². The van der Waals surface area contributed by atoms with Gasteiger partial charge in [-0.1, -0.05) is 51.8 Å². The highest BCUT2D eigenvalue weighted by Crippen LogP contribution is 2.50. The number of hydrogen-bond acceptors (Lipinski definition) is 1. The number of halogens is 2. The maximum absolute atomic E-state index is 6.02. The molecule has 0 spiro atoms. The zero-order chi connectivity index (χ0) is 14.4. The SMILES string of the molecule is Clc1ccc([C@H]2Nc3ccc(Br)cc3[C@H]3C=CC[C@@H]32)cc1. The number of nitrogens with one attached hydrogen (secondary N) is 1. The van der Waals surface area contributed by atoms with E-state index in [4.69, 9.17) is 11.6 Å². The molecule has 0 unspecified atom stereocenters. The monoisotopic (exact) mass is 359 g/mol. The molecular formula is C18H15BrClN. The van der Waals surface area contributed by atoms with Crippen LogP contribution in [0.25, 0.3) is 0 Å². The fraction of sp³-hybridized carbons (Fsp3) is 0.222. The summed E-state index contributed by atoms with van der Waals surface area (Å²) in [6.45, 7) is 0. The Morgan fingerprint density at radius 3 is 2.71 bits per heavy atom. The van der Waals surface area contributed by atoms with E-state index in [1.54, 1.807) is 0 Å². The second-order valence-corrected chi connectivity index (χ2v) is 7.11. The van der Waals surface area contributed by atoms with Crippen LogP contribution in [0.3, 0.4) is 0 Å². The van der Waals surface area contributed by atoms with E-state index >= 15 is 0 Å².